The van der Waals surface area contributed by atoms with Crippen LogP contribution in [0.2, 0.25) is 0 Å². The summed E-state index contributed by atoms with van der Waals surface area (Å²) in [6, 6.07) is 0. The second-order valence-electron chi connectivity index (χ2n) is 1.31. The Balaban J connectivity index is 3.08. The maximum atomic E-state index is 10.1. The van der Waals surface area contributed by atoms with Gasteiger partial charge in [0.15, 0.2) is 5.69 Å². The average Bonchev–Trinajstić information content (AvgIpc) is 2.13. The Labute approximate surface area is 55.8 Å². The van der Waals surface area contributed by atoms with Crippen molar-refractivity contribution in [3.63, 3.8) is 0 Å². The first-order chi connectivity index (χ1) is 4.22. The molecule has 5 nitrogen and oxygen atoms in total. The molecular weight excluding hydrogens is 142 g/mol. The van der Waals surface area contributed by atoms with Crippen LogP contribution in [0.3, 0.4) is 0 Å². The van der Waals surface area contributed by atoms with Crippen LogP contribution in [-0.4, -0.2) is 25.5 Å². The second-order valence-corrected chi connectivity index (χ2v) is 1.69. The summed E-state index contributed by atoms with van der Waals surface area (Å²) in [5.74, 6) is -1.09. The zero-order valence-corrected chi connectivity index (χ0v) is 5.12. The van der Waals surface area contributed by atoms with Crippen LogP contribution in [-0.2, 0) is 0 Å². The molecule has 1 rings (SSSR count). The molecule has 0 spiro atoms. The number of hydrogen-bond acceptors (Lipinski definition) is 4. The summed E-state index contributed by atoms with van der Waals surface area (Å²) in [6.07, 6.45) is 1.12. The van der Waals surface area contributed by atoms with E-state index >= 15 is 0 Å². The Morgan fingerprint density at radius 1 is 1.89 bits per heavy atom. The molecule has 6 heteroatoms. The van der Waals surface area contributed by atoms with E-state index in [1.54, 1.807) is 0 Å². The fourth-order valence-electron chi connectivity index (χ4n) is 0.370. The molecule has 0 fully saturated rings. The van der Waals surface area contributed by atoms with Crippen LogP contribution in [0, 0.1) is 0 Å². The lowest BCUT2D eigenvalue weighted by Crippen LogP contribution is -2.01. The molecule has 0 unspecified atom stereocenters. The second kappa shape index (κ2) is 2.06. The van der Waals surface area contributed by atoms with Crippen LogP contribution >= 0.6 is 12.8 Å². The standard InChI is InChI=1S/C3H3N3O2S/c7-3(8)2-1-4-5-6(2)9/h1,9H,(H,7,8). The summed E-state index contributed by atoms with van der Waals surface area (Å²) < 4.78 is 0.891. The van der Waals surface area contributed by atoms with Gasteiger partial charge in [-0.15, -0.1) is 5.10 Å². The minimum atomic E-state index is -1.09. The molecule has 0 saturated carbocycles. The summed E-state index contributed by atoms with van der Waals surface area (Å²) in [5.41, 5.74) is -0.0432. The highest BCUT2D eigenvalue weighted by Crippen LogP contribution is 1.95. The van der Waals surface area contributed by atoms with Gasteiger partial charge < -0.3 is 5.11 Å². The minimum absolute atomic E-state index is 0.0432. The number of nitrogens with zero attached hydrogens (tertiary/aromatic N) is 3. The van der Waals surface area contributed by atoms with Crippen LogP contribution in [0.1, 0.15) is 10.5 Å². The third kappa shape index (κ3) is 1.02. The van der Waals surface area contributed by atoms with E-state index < -0.39 is 5.97 Å². The van der Waals surface area contributed by atoms with E-state index in [-0.39, 0.29) is 5.69 Å². The molecule has 1 aromatic heterocycles. The molecule has 0 saturated heterocycles. The Bertz CT molecular complexity index is 233. The predicted molar refractivity (Wildman–Crippen MR) is 31.4 cm³/mol. The SMILES string of the molecule is O=C(O)c1cnnn1S. The van der Waals surface area contributed by atoms with Gasteiger partial charge in [-0.05, 0) is 12.8 Å². The fraction of sp³-hybridized carbons (Fsp3) is 0. The van der Waals surface area contributed by atoms with Crippen LogP contribution in [0.5, 0.6) is 0 Å². The Morgan fingerprint density at radius 2 is 2.56 bits per heavy atom. The van der Waals surface area contributed by atoms with Crippen molar-refractivity contribution in [2.24, 2.45) is 0 Å². The Kier molecular flexibility index (Phi) is 1.39. The number of hydrogen-bond donors (Lipinski definition) is 2. The molecule has 0 aliphatic rings. The van der Waals surface area contributed by atoms with E-state index in [2.05, 4.69) is 23.1 Å². The Hall–Kier alpha value is -1.04. The number of aromatic nitrogens is 3. The minimum Gasteiger partial charge on any atom is -0.476 e. The number of carboxylic acids is 1. The van der Waals surface area contributed by atoms with Gasteiger partial charge in [0, 0.05) is 0 Å². The van der Waals surface area contributed by atoms with E-state index in [1.165, 1.54) is 0 Å². The first kappa shape index (κ1) is 6.09. The van der Waals surface area contributed by atoms with Gasteiger partial charge in [0.2, 0.25) is 0 Å². The molecule has 0 bridgehead atoms. The Morgan fingerprint density at radius 3 is 2.78 bits per heavy atom. The highest BCUT2D eigenvalue weighted by atomic mass is 32.1. The van der Waals surface area contributed by atoms with Crippen molar-refractivity contribution in [1.82, 2.24) is 14.4 Å². The molecule has 0 radical (unpaired) electrons. The van der Waals surface area contributed by atoms with Gasteiger partial charge in [-0.25, -0.2) is 4.79 Å². The topological polar surface area (TPSA) is 68.0 Å². The van der Waals surface area contributed by atoms with E-state index in [4.69, 9.17) is 5.11 Å². The van der Waals surface area contributed by atoms with Crippen molar-refractivity contribution < 1.29 is 9.90 Å². The summed E-state index contributed by atoms with van der Waals surface area (Å²) in [4.78, 5) is 10.1. The van der Waals surface area contributed by atoms with Crippen LogP contribution in [0.25, 0.3) is 0 Å². The number of rotatable bonds is 1. The van der Waals surface area contributed by atoms with Crippen molar-refractivity contribution >= 4 is 18.8 Å². The van der Waals surface area contributed by atoms with E-state index in [0.29, 0.717) is 0 Å². The molecule has 1 heterocycles. The molecule has 0 atom stereocenters. The molecule has 0 aliphatic carbocycles. The van der Waals surface area contributed by atoms with Crippen molar-refractivity contribution in [2.75, 3.05) is 0 Å². The molecule has 1 N–H and O–H groups in total. The van der Waals surface area contributed by atoms with Crippen molar-refractivity contribution in [3.8, 4) is 0 Å². The van der Waals surface area contributed by atoms with Gasteiger partial charge in [-0.2, -0.15) is 4.09 Å². The lowest BCUT2D eigenvalue weighted by Gasteiger charge is -1.87. The van der Waals surface area contributed by atoms with Gasteiger partial charge in [0.05, 0.1) is 6.20 Å². The van der Waals surface area contributed by atoms with Crippen molar-refractivity contribution in [1.29, 1.82) is 0 Å². The third-order valence-corrected chi connectivity index (χ3v) is 1.05. The van der Waals surface area contributed by atoms with E-state index in [0.717, 1.165) is 10.3 Å². The van der Waals surface area contributed by atoms with Crippen LogP contribution in [0.4, 0.5) is 0 Å². The van der Waals surface area contributed by atoms with Crippen LogP contribution < -0.4 is 0 Å². The molecular formula is C3H3N3O2S. The fourth-order valence-corrected chi connectivity index (χ4v) is 0.553. The molecule has 48 valence electrons. The van der Waals surface area contributed by atoms with Gasteiger partial charge in [0.25, 0.3) is 0 Å². The lowest BCUT2D eigenvalue weighted by molar-refractivity contribution is 0.0689. The van der Waals surface area contributed by atoms with Crippen molar-refractivity contribution in [3.05, 3.63) is 11.9 Å². The molecule has 0 amide bonds. The van der Waals surface area contributed by atoms with Gasteiger partial charge >= 0.3 is 5.97 Å². The maximum Gasteiger partial charge on any atom is 0.356 e. The molecule has 1 aromatic rings. The average molecular weight is 145 g/mol. The molecule has 9 heavy (non-hydrogen) atoms. The van der Waals surface area contributed by atoms with Gasteiger partial charge in [-0.3, -0.25) is 0 Å². The van der Waals surface area contributed by atoms with E-state index in [1.807, 2.05) is 0 Å². The third-order valence-electron chi connectivity index (χ3n) is 0.751. The lowest BCUT2D eigenvalue weighted by atomic mass is 10.5. The highest BCUT2D eigenvalue weighted by molar-refractivity contribution is 7.78. The molecule has 0 aromatic carbocycles. The zero-order chi connectivity index (χ0) is 6.85. The summed E-state index contributed by atoms with van der Waals surface area (Å²) in [7, 11) is 0. The van der Waals surface area contributed by atoms with E-state index in [9.17, 15) is 4.79 Å². The first-order valence-corrected chi connectivity index (χ1v) is 2.45. The zero-order valence-electron chi connectivity index (χ0n) is 4.22. The number of carbonyl (C=O) groups is 1. The highest BCUT2D eigenvalue weighted by Gasteiger charge is 2.07. The smallest absolute Gasteiger partial charge is 0.356 e. The number of aromatic carboxylic acids is 1. The monoisotopic (exact) mass is 145 g/mol. The van der Waals surface area contributed by atoms with Crippen molar-refractivity contribution in [2.45, 2.75) is 0 Å². The normalized spacial score (nSPS) is 9.44. The maximum absolute atomic E-state index is 10.1. The largest absolute Gasteiger partial charge is 0.476 e. The predicted octanol–water partition coefficient (Wildman–Crippen LogP) is -0.331. The summed E-state index contributed by atoms with van der Waals surface area (Å²) >= 11 is 3.65. The van der Waals surface area contributed by atoms with Crippen LogP contribution in [0.15, 0.2) is 6.20 Å². The number of carboxylic acid groups (broad SMARTS) is 1. The number of thiol groups is 1. The van der Waals surface area contributed by atoms with Gasteiger partial charge in [-0.1, -0.05) is 5.21 Å². The first-order valence-electron chi connectivity index (χ1n) is 2.05. The van der Waals surface area contributed by atoms with Gasteiger partial charge in [0.1, 0.15) is 0 Å². The summed E-state index contributed by atoms with van der Waals surface area (Å²) in [6.45, 7) is 0. The quantitative estimate of drug-likeness (QED) is 0.531. The molecule has 0 aliphatic heterocycles. The summed E-state index contributed by atoms with van der Waals surface area (Å²) in [5, 5.41) is 14.9.